The Morgan fingerprint density at radius 2 is 1.83 bits per heavy atom. The van der Waals surface area contributed by atoms with Crippen LogP contribution in [0.2, 0.25) is 0 Å². The highest BCUT2D eigenvalue weighted by Crippen LogP contribution is 2.39. The van der Waals surface area contributed by atoms with E-state index in [0.717, 1.165) is 17.6 Å². The molecule has 0 spiro atoms. The number of halogens is 3. The van der Waals surface area contributed by atoms with Gasteiger partial charge in [-0.1, -0.05) is 24.6 Å². The molecule has 3 nitrogen and oxygen atoms in total. The molecule has 1 aromatic carbocycles. The molecule has 0 saturated carbocycles. The van der Waals surface area contributed by atoms with E-state index in [2.05, 4.69) is 4.74 Å². The molecule has 2 heterocycles. The number of ether oxygens (including phenoxy) is 1. The first kappa shape index (κ1) is 16.4. The Morgan fingerprint density at radius 3 is 2.43 bits per heavy atom. The van der Waals surface area contributed by atoms with Crippen molar-refractivity contribution in [2.24, 2.45) is 0 Å². The molecule has 3 rings (SSSR count). The van der Waals surface area contributed by atoms with Crippen LogP contribution in [-0.2, 0) is 9.84 Å². The number of alkyl halides is 3. The third kappa shape index (κ3) is 3.54. The lowest BCUT2D eigenvalue weighted by Crippen LogP contribution is -2.38. The molecule has 7 heteroatoms. The van der Waals surface area contributed by atoms with Gasteiger partial charge >= 0.3 is 6.18 Å². The van der Waals surface area contributed by atoms with E-state index in [9.17, 15) is 21.6 Å². The number of benzene rings is 1. The van der Waals surface area contributed by atoms with E-state index in [4.69, 9.17) is 0 Å². The van der Waals surface area contributed by atoms with Crippen LogP contribution in [0.4, 0.5) is 13.2 Å². The summed E-state index contributed by atoms with van der Waals surface area (Å²) in [7, 11) is -3.07. The van der Waals surface area contributed by atoms with Crippen molar-refractivity contribution in [3.63, 3.8) is 0 Å². The van der Waals surface area contributed by atoms with Crippen LogP contribution in [0.15, 0.2) is 30.3 Å². The Labute approximate surface area is 133 Å². The predicted molar refractivity (Wildman–Crippen MR) is 80.9 cm³/mol. The van der Waals surface area contributed by atoms with Gasteiger partial charge in [-0.05, 0) is 42.5 Å². The zero-order valence-corrected chi connectivity index (χ0v) is 13.2. The van der Waals surface area contributed by atoms with Gasteiger partial charge in [0, 0.05) is 0 Å². The quantitative estimate of drug-likeness (QED) is 0.837. The topological polar surface area (TPSA) is 43.4 Å². The fraction of sp³-hybridized carbons (Fsp3) is 0.500. The Balaban J connectivity index is 1.77. The monoisotopic (exact) mass is 346 g/mol. The van der Waals surface area contributed by atoms with E-state index in [1.165, 1.54) is 12.1 Å². The van der Waals surface area contributed by atoms with E-state index >= 15 is 0 Å². The minimum absolute atomic E-state index is 0.148. The Kier molecular flexibility index (Phi) is 4.16. The SMILES string of the molecule is O=S1(=O)C2C=C(c3ccc(OCC(F)(F)F)cc3)CC1CCC2. The van der Waals surface area contributed by atoms with Gasteiger partial charge in [0.05, 0.1) is 10.5 Å². The molecule has 1 aromatic rings. The molecule has 1 fully saturated rings. The molecule has 2 aliphatic heterocycles. The first-order valence-electron chi connectivity index (χ1n) is 7.49. The van der Waals surface area contributed by atoms with Gasteiger partial charge in [-0.15, -0.1) is 0 Å². The van der Waals surface area contributed by atoms with Crippen LogP contribution < -0.4 is 4.74 Å². The molecule has 0 radical (unpaired) electrons. The highest BCUT2D eigenvalue weighted by Gasteiger charge is 2.40. The summed E-state index contributed by atoms with van der Waals surface area (Å²) in [6, 6.07) is 6.35. The summed E-state index contributed by atoms with van der Waals surface area (Å²) in [4.78, 5) is 0. The summed E-state index contributed by atoms with van der Waals surface area (Å²) in [5.41, 5.74) is 1.80. The summed E-state index contributed by atoms with van der Waals surface area (Å²) < 4.78 is 65.5. The van der Waals surface area contributed by atoms with Crippen LogP contribution in [0.25, 0.3) is 5.57 Å². The maximum atomic E-state index is 12.2. The third-order valence-corrected chi connectivity index (χ3v) is 6.91. The number of allylic oxidation sites excluding steroid dienone is 1. The van der Waals surface area contributed by atoms with E-state index in [-0.39, 0.29) is 11.0 Å². The van der Waals surface area contributed by atoms with Crippen LogP contribution in [0, 0.1) is 0 Å². The van der Waals surface area contributed by atoms with Crippen molar-refractivity contribution in [2.45, 2.75) is 42.4 Å². The van der Waals surface area contributed by atoms with Crippen molar-refractivity contribution in [3.8, 4) is 5.75 Å². The Morgan fingerprint density at radius 1 is 1.13 bits per heavy atom. The summed E-state index contributed by atoms with van der Waals surface area (Å²) in [6.07, 6.45) is 0.162. The smallest absolute Gasteiger partial charge is 0.422 e. The minimum Gasteiger partial charge on any atom is -0.484 e. The predicted octanol–water partition coefficient (Wildman–Crippen LogP) is 3.75. The van der Waals surface area contributed by atoms with E-state index < -0.39 is 27.9 Å². The number of hydrogen-bond acceptors (Lipinski definition) is 3. The lowest BCUT2D eigenvalue weighted by molar-refractivity contribution is -0.153. The molecule has 0 N–H and O–H groups in total. The van der Waals surface area contributed by atoms with Crippen LogP contribution in [-0.4, -0.2) is 31.7 Å². The van der Waals surface area contributed by atoms with Gasteiger partial charge in [-0.25, -0.2) is 8.42 Å². The molecule has 2 unspecified atom stereocenters. The highest BCUT2D eigenvalue weighted by atomic mass is 32.2. The summed E-state index contributed by atoms with van der Waals surface area (Å²) in [5.74, 6) is 0.148. The molecule has 2 aliphatic rings. The number of rotatable bonds is 3. The van der Waals surface area contributed by atoms with Gasteiger partial charge in [0.15, 0.2) is 16.4 Å². The highest BCUT2D eigenvalue weighted by molar-refractivity contribution is 7.93. The zero-order chi connectivity index (χ0) is 16.7. The van der Waals surface area contributed by atoms with Gasteiger partial charge < -0.3 is 4.74 Å². The number of sulfone groups is 1. The van der Waals surface area contributed by atoms with Gasteiger partial charge in [-0.2, -0.15) is 13.2 Å². The van der Waals surface area contributed by atoms with Crippen molar-refractivity contribution in [2.75, 3.05) is 6.61 Å². The van der Waals surface area contributed by atoms with Gasteiger partial charge in [-0.3, -0.25) is 0 Å². The van der Waals surface area contributed by atoms with Gasteiger partial charge in [0.25, 0.3) is 0 Å². The van der Waals surface area contributed by atoms with Crippen molar-refractivity contribution in [1.29, 1.82) is 0 Å². The Bertz CT molecular complexity index is 705. The Hall–Kier alpha value is -1.50. The van der Waals surface area contributed by atoms with Crippen LogP contribution in [0.3, 0.4) is 0 Å². The molecule has 0 aromatic heterocycles. The summed E-state index contributed by atoms with van der Waals surface area (Å²) in [6.45, 7) is -1.32. The normalized spacial score (nSPS) is 26.5. The first-order valence-corrected chi connectivity index (χ1v) is 9.10. The first-order chi connectivity index (χ1) is 10.8. The molecule has 2 atom stereocenters. The summed E-state index contributed by atoms with van der Waals surface area (Å²) >= 11 is 0. The average molecular weight is 346 g/mol. The molecular formula is C16H17F3O3S. The van der Waals surface area contributed by atoms with E-state index in [1.54, 1.807) is 18.2 Å². The molecule has 1 saturated heterocycles. The maximum absolute atomic E-state index is 12.2. The standard InChI is InChI=1S/C16H17F3O3S/c17-16(18,19)10-22-13-6-4-11(5-7-13)12-8-14-2-1-3-15(9-12)23(14,20)21/h4-8,14-15H,1-3,9-10H2. The zero-order valence-electron chi connectivity index (χ0n) is 12.3. The second-order valence-electron chi connectivity index (χ2n) is 6.00. The van der Waals surface area contributed by atoms with Crippen molar-refractivity contribution in [1.82, 2.24) is 0 Å². The average Bonchev–Trinajstić information content (AvgIpc) is 2.44. The molecule has 0 amide bonds. The van der Waals surface area contributed by atoms with E-state index in [1.807, 2.05) is 0 Å². The van der Waals surface area contributed by atoms with Crippen LogP contribution >= 0.6 is 0 Å². The molecule has 0 aliphatic carbocycles. The van der Waals surface area contributed by atoms with Gasteiger partial charge in [0.1, 0.15) is 5.75 Å². The molecule has 2 bridgehead atoms. The fourth-order valence-electron chi connectivity index (χ4n) is 3.20. The van der Waals surface area contributed by atoms with Crippen LogP contribution in [0.1, 0.15) is 31.2 Å². The second kappa shape index (κ2) is 5.85. The number of hydrogen-bond donors (Lipinski definition) is 0. The molecular weight excluding hydrogens is 329 g/mol. The lowest BCUT2D eigenvalue weighted by atomic mass is 9.93. The maximum Gasteiger partial charge on any atom is 0.422 e. The van der Waals surface area contributed by atoms with Crippen molar-refractivity contribution >= 4 is 15.4 Å². The third-order valence-electron chi connectivity index (χ3n) is 4.36. The van der Waals surface area contributed by atoms with Crippen LogP contribution in [0.5, 0.6) is 5.75 Å². The van der Waals surface area contributed by atoms with E-state index in [0.29, 0.717) is 19.3 Å². The van der Waals surface area contributed by atoms with Crippen molar-refractivity contribution < 1.29 is 26.3 Å². The number of fused-ring (bicyclic) bond motifs is 2. The largest absolute Gasteiger partial charge is 0.484 e. The minimum atomic E-state index is -4.36. The summed E-state index contributed by atoms with van der Waals surface area (Å²) in [5, 5.41) is -0.756. The molecule has 23 heavy (non-hydrogen) atoms. The fourth-order valence-corrected chi connectivity index (χ4v) is 5.45. The molecule has 126 valence electrons. The second-order valence-corrected chi connectivity index (χ2v) is 8.45. The lowest BCUT2D eigenvalue weighted by Gasteiger charge is -2.33. The van der Waals surface area contributed by atoms with Crippen molar-refractivity contribution in [3.05, 3.63) is 35.9 Å². The van der Waals surface area contributed by atoms with Gasteiger partial charge in [0.2, 0.25) is 0 Å².